The highest BCUT2D eigenvalue weighted by Gasteiger charge is 2.05. The molecule has 4 heteroatoms. The lowest BCUT2D eigenvalue weighted by Gasteiger charge is -2.06. The number of hydrogen-bond donors (Lipinski definition) is 1. The van der Waals surface area contributed by atoms with Gasteiger partial charge in [0.1, 0.15) is 0 Å². The zero-order chi connectivity index (χ0) is 13.8. The van der Waals surface area contributed by atoms with Crippen molar-refractivity contribution in [2.75, 3.05) is 6.54 Å². The maximum Gasteiger partial charge on any atom is 0.0969 e. The SMILES string of the molecule is Cc1ccc(-n2cc(CNCC(C)C)nn2)c(C)c1. The Balaban J connectivity index is 2.08. The Morgan fingerprint density at radius 1 is 1.26 bits per heavy atom. The Labute approximate surface area is 114 Å². The summed E-state index contributed by atoms with van der Waals surface area (Å²) in [5.41, 5.74) is 4.54. The molecule has 1 aromatic carbocycles. The van der Waals surface area contributed by atoms with Gasteiger partial charge in [-0.05, 0) is 37.9 Å². The standard InChI is InChI=1S/C15H22N4/c1-11(2)8-16-9-14-10-19(18-17-14)15-6-5-12(3)7-13(15)4/h5-7,10-11,16H,8-9H2,1-4H3. The Kier molecular flexibility index (Phi) is 4.32. The topological polar surface area (TPSA) is 42.7 Å². The maximum atomic E-state index is 4.20. The van der Waals surface area contributed by atoms with Crippen molar-refractivity contribution in [2.45, 2.75) is 34.2 Å². The number of aryl methyl sites for hydroxylation is 2. The van der Waals surface area contributed by atoms with Gasteiger partial charge < -0.3 is 5.32 Å². The molecule has 19 heavy (non-hydrogen) atoms. The average Bonchev–Trinajstić information content (AvgIpc) is 2.77. The van der Waals surface area contributed by atoms with Crippen LogP contribution in [0.5, 0.6) is 0 Å². The molecule has 0 amide bonds. The van der Waals surface area contributed by atoms with Crippen LogP contribution in [0, 0.1) is 19.8 Å². The minimum absolute atomic E-state index is 0.648. The first kappa shape index (κ1) is 13.7. The van der Waals surface area contributed by atoms with E-state index < -0.39 is 0 Å². The van der Waals surface area contributed by atoms with Crippen LogP contribution in [0.3, 0.4) is 0 Å². The summed E-state index contributed by atoms with van der Waals surface area (Å²) in [7, 11) is 0. The molecular formula is C15H22N4. The molecule has 0 spiro atoms. The van der Waals surface area contributed by atoms with Crippen molar-refractivity contribution in [3.05, 3.63) is 41.2 Å². The molecule has 1 heterocycles. The lowest BCUT2D eigenvalue weighted by atomic mass is 10.1. The molecule has 2 rings (SSSR count). The maximum absolute atomic E-state index is 4.20. The number of aromatic nitrogens is 3. The Morgan fingerprint density at radius 3 is 2.74 bits per heavy atom. The summed E-state index contributed by atoms with van der Waals surface area (Å²) in [6.07, 6.45) is 1.99. The monoisotopic (exact) mass is 258 g/mol. The van der Waals surface area contributed by atoms with E-state index >= 15 is 0 Å². The molecule has 102 valence electrons. The predicted molar refractivity (Wildman–Crippen MR) is 77.4 cm³/mol. The number of rotatable bonds is 5. The van der Waals surface area contributed by atoms with E-state index in [1.54, 1.807) is 0 Å². The second kappa shape index (κ2) is 5.97. The second-order valence-corrected chi connectivity index (χ2v) is 5.47. The summed E-state index contributed by atoms with van der Waals surface area (Å²) in [5.74, 6) is 0.648. The highest BCUT2D eigenvalue weighted by Crippen LogP contribution is 2.14. The summed E-state index contributed by atoms with van der Waals surface area (Å²) in [6.45, 7) is 10.3. The summed E-state index contributed by atoms with van der Waals surface area (Å²) in [6, 6.07) is 6.35. The molecule has 0 fully saturated rings. The van der Waals surface area contributed by atoms with Gasteiger partial charge in [-0.3, -0.25) is 0 Å². The molecule has 0 aliphatic rings. The quantitative estimate of drug-likeness (QED) is 0.896. The fourth-order valence-corrected chi connectivity index (χ4v) is 2.05. The Bertz CT molecular complexity index is 543. The predicted octanol–water partition coefficient (Wildman–Crippen LogP) is 2.63. The van der Waals surface area contributed by atoms with Crippen molar-refractivity contribution >= 4 is 0 Å². The van der Waals surface area contributed by atoms with Gasteiger partial charge in [-0.15, -0.1) is 5.10 Å². The number of nitrogens with one attached hydrogen (secondary N) is 1. The molecular weight excluding hydrogens is 236 g/mol. The summed E-state index contributed by atoms with van der Waals surface area (Å²) < 4.78 is 1.85. The number of hydrogen-bond acceptors (Lipinski definition) is 3. The van der Waals surface area contributed by atoms with Crippen LogP contribution in [0.4, 0.5) is 0 Å². The Hall–Kier alpha value is -1.68. The fourth-order valence-electron chi connectivity index (χ4n) is 2.05. The van der Waals surface area contributed by atoms with Crippen LogP contribution in [0.15, 0.2) is 24.4 Å². The molecule has 4 nitrogen and oxygen atoms in total. The van der Waals surface area contributed by atoms with E-state index in [4.69, 9.17) is 0 Å². The van der Waals surface area contributed by atoms with Gasteiger partial charge in [-0.1, -0.05) is 36.8 Å². The van der Waals surface area contributed by atoms with Crippen LogP contribution < -0.4 is 5.32 Å². The number of benzene rings is 1. The smallest absolute Gasteiger partial charge is 0.0969 e. The summed E-state index contributed by atoms with van der Waals surface area (Å²) in [5, 5.41) is 11.8. The van der Waals surface area contributed by atoms with E-state index in [9.17, 15) is 0 Å². The van der Waals surface area contributed by atoms with Crippen LogP contribution in [0.25, 0.3) is 5.69 Å². The Morgan fingerprint density at radius 2 is 2.05 bits per heavy atom. The molecule has 0 unspecified atom stereocenters. The van der Waals surface area contributed by atoms with Gasteiger partial charge in [-0.25, -0.2) is 4.68 Å². The van der Waals surface area contributed by atoms with Crippen LogP contribution in [-0.2, 0) is 6.54 Å². The molecule has 0 saturated heterocycles. The van der Waals surface area contributed by atoms with E-state index in [0.29, 0.717) is 5.92 Å². The van der Waals surface area contributed by atoms with Crippen molar-refractivity contribution < 1.29 is 0 Å². The van der Waals surface area contributed by atoms with Crippen molar-refractivity contribution in [1.82, 2.24) is 20.3 Å². The first-order valence-corrected chi connectivity index (χ1v) is 6.76. The first-order valence-electron chi connectivity index (χ1n) is 6.76. The van der Waals surface area contributed by atoms with Crippen molar-refractivity contribution in [1.29, 1.82) is 0 Å². The first-order chi connectivity index (χ1) is 9.06. The van der Waals surface area contributed by atoms with Gasteiger partial charge >= 0.3 is 0 Å². The van der Waals surface area contributed by atoms with E-state index in [1.807, 2.05) is 10.9 Å². The van der Waals surface area contributed by atoms with Gasteiger partial charge in [-0.2, -0.15) is 0 Å². The lowest BCUT2D eigenvalue weighted by Crippen LogP contribution is -2.19. The van der Waals surface area contributed by atoms with E-state index in [2.05, 4.69) is 61.5 Å². The van der Waals surface area contributed by atoms with Crippen LogP contribution in [-0.4, -0.2) is 21.5 Å². The molecule has 0 aliphatic heterocycles. The summed E-state index contributed by atoms with van der Waals surface area (Å²) >= 11 is 0. The highest BCUT2D eigenvalue weighted by atomic mass is 15.4. The van der Waals surface area contributed by atoms with E-state index in [0.717, 1.165) is 24.5 Å². The minimum atomic E-state index is 0.648. The third-order valence-electron chi connectivity index (χ3n) is 3.00. The molecule has 0 aliphatic carbocycles. The average molecular weight is 258 g/mol. The third-order valence-corrected chi connectivity index (χ3v) is 3.00. The zero-order valence-electron chi connectivity index (χ0n) is 12.1. The van der Waals surface area contributed by atoms with E-state index in [-0.39, 0.29) is 0 Å². The van der Waals surface area contributed by atoms with Gasteiger partial charge in [0.15, 0.2) is 0 Å². The van der Waals surface area contributed by atoms with E-state index in [1.165, 1.54) is 11.1 Å². The van der Waals surface area contributed by atoms with Gasteiger partial charge in [0.05, 0.1) is 17.6 Å². The third kappa shape index (κ3) is 3.64. The summed E-state index contributed by atoms with van der Waals surface area (Å²) in [4.78, 5) is 0. The molecule has 0 radical (unpaired) electrons. The van der Waals surface area contributed by atoms with Crippen LogP contribution in [0.1, 0.15) is 30.7 Å². The highest BCUT2D eigenvalue weighted by molar-refractivity contribution is 5.41. The molecule has 0 bridgehead atoms. The van der Waals surface area contributed by atoms with Crippen LogP contribution >= 0.6 is 0 Å². The molecule has 0 atom stereocenters. The fraction of sp³-hybridized carbons (Fsp3) is 0.467. The molecule has 1 N–H and O–H groups in total. The molecule has 1 aromatic heterocycles. The van der Waals surface area contributed by atoms with Crippen molar-refractivity contribution in [3.63, 3.8) is 0 Å². The lowest BCUT2D eigenvalue weighted by molar-refractivity contribution is 0.548. The van der Waals surface area contributed by atoms with Crippen LogP contribution in [0.2, 0.25) is 0 Å². The minimum Gasteiger partial charge on any atom is -0.311 e. The van der Waals surface area contributed by atoms with Crippen molar-refractivity contribution in [2.24, 2.45) is 5.92 Å². The van der Waals surface area contributed by atoms with Gasteiger partial charge in [0, 0.05) is 6.54 Å². The normalized spacial score (nSPS) is 11.2. The molecule has 0 saturated carbocycles. The zero-order valence-corrected chi connectivity index (χ0v) is 12.1. The van der Waals surface area contributed by atoms with Crippen molar-refractivity contribution in [3.8, 4) is 5.69 Å². The van der Waals surface area contributed by atoms with Gasteiger partial charge in [0.25, 0.3) is 0 Å². The largest absolute Gasteiger partial charge is 0.311 e. The molecule has 2 aromatic rings. The van der Waals surface area contributed by atoms with Gasteiger partial charge in [0.2, 0.25) is 0 Å². The number of nitrogens with zero attached hydrogens (tertiary/aromatic N) is 3. The second-order valence-electron chi connectivity index (χ2n) is 5.47.